The third-order valence-corrected chi connectivity index (χ3v) is 8.19. The van der Waals surface area contributed by atoms with Crippen LogP contribution in [0.25, 0.3) is 27.8 Å². The van der Waals surface area contributed by atoms with E-state index in [1.807, 2.05) is 44.0 Å². The molecular weight excluding hydrogens is 522 g/mol. The largest absolute Gasteiger partial charge is 0.353 e. The molecule has 3 unspecified atom stereocenters. The fourth-order valence-electron chi connectivity index (χ4n) is 6.15. The van der Waals surface area contributed by atoms with Crippen molar-refractivity contribution in [2.24, 2.45) is 7.05 Å². The summed E-state index contributed by atoms with van der Waals surface area (Å²) in [6.45, 7) is 3.98. The molecule has 204 valence electrons. The minimum Gasteiger partial charge on any atom is -0.353 e. The highest BCUT2D eigenvalue weighted by Gasteiger charge is 2.46. The van der Waals surface area contributed by atoms with Gasteiger partial charge in [-0.15, -0.1) is 6.42 Å². The number of aryl methyl sites for hydroxylation is 1. The molecule has 0 saturated carbocycles. The van der Waals surface area contributed by atoms with Crippen molar-refractivity contribution < 1.29 is 0 Å². The number of hydrogen-bond acceptors (Lipinski definition) is 7. The van der Waals surface area contributed by atoms with E-state index in [4.69, 9.17) is 11.4 Å². The number of pyridine rings is 3. The molecule has 3 atom stereocenters. The molecule has 0 aliphatic carbocycles. The predicted molar refractivity (Wildman–Crippen MR) is 160 cm³/mol. The van der Waals surface area contributed by atoms with E-state index < -0.39 is 0 Å². The van der Waals surface area contributed by atoms with Crippen LogP contribution in [0, 0.1) is 35.5 Å². The second kappa shape index (κ2) is 10.2. The Hall–Kier alpha value is -5.43. The van der Waals surface area contributed by atoms with Crippen molar-refractivity contribution in [3.63, 3.8) is 0 Å². The molecule has 0 N–H and O–H groups in total. The van der Waals surface area contributed by atoms with Gasteiger partial charge in [0.25, 0.3) is 0 Å². The molecule has 2 bridgehead atoms. The molecule has 0 aromatic carbocycles. The molecule has 8 rings (SSSR count). The Bertz CT molecular complexity index is 1930. The summed E-state index contributed by atoms with van der Waals surface area (Å²) < 4.78 is 3.54. The Morgan fingerprint density at radius 2 is 1.81 bits per heavy atom. The SMILES string of the molecule is C#Cc1ccc(C#CC(C)N2C3CC2CN(c2ccc(-c4cc(-c5cnn(C)c5)cn5ncc(C#N)c45)cn2)C3)nc1. The standard InChI is InChI=1S/C33H27N9/c1-4-23-6-9-28(35-14-23)8-5-22(2)42-29-12-30(42)21-40(20-29)32-10-7-24(15-36-32)31-11-25(27-17-37-39(3)18-27)19-41-33(31)26(13-34)16-38-41/h1,6-7,9-11,14-19,22,29-30H,12,20-21H2,2-3H3. The molecule has 5 aromatic heterocycles. The Morgan fingerprint density at radius 1 is 0.952 bits per heavy atom. The van der Waals surface area contributed by atoms with Crippen LogP contribution in [0.4, 0.5) is 5.82 Å². The van der Waals surface area contributed by atoms with Crippen LogP contribution in [0.2, 0.25) is 0 Å². The van der Waals surface area contributed by atoms with Gasteiger partial charge in [0.05, 0.1) is 29.5 Å². The van der Waals surface area contributed by atoms with Crippen molar-refractivity contribution in [1.82, 2.24) is 34.3 Å². The Balaban J connectivity index is 1.10. The number of rotatable bonds is 4. The number of hydrogen-bond donors (Lipinski definition) is 0. The van der Waals surface area contributed by atoms with E-state index in [0.29, 0.717) is 17.6 Å². The van der Waals surface area contributed by atoms with E-state index in [0.717, 1.165) is 57.9 Å². The summed E-state index contributed by atoms with van der Waals surface area (Å²) in [5, 5.41) is 18.5. The Kier molecular flexibility index (Phi) is 6.20. The fourth-order valence-corrected chi connectivity index (χ4v) is 6.15. The zero-order valence-corrected chi connectivity index (χ0v) is 23.3. The highest BCUT2D eigenvalue weighted by Crippen LogP contribution is 2.37. The lowest BCUT2D eigenvalue weighted by Gasteiger charge is -2.58. The summed E-state index contributed by atoms with van der Waals surface area (Å²) in [5.74, 6) is 10.1. The molecular formula is C33H27N9. The summed E-state index contributed by atoms with van der Waals surface area (Å²) in [5.41, 5.74) is 6.58. The van der Waals surface area contributed by atoms with Crippen LogP contribution in [0.3, 0.4) is 0 Å². The van der Waals surface area contributed by atoms with E-state index in [1.165, 1.54) is 6.42 Å². The van der Waals surface area contributed by atoms with Crippen molar-refractivity contribution in [1.29, 1.82) is 5.26 Å². The number of terminal acetylenes is 1. The van der Waals surface area contributed by atoms with Crippen LogP contribution in [-0.2, 0) is 7.05 Å². The molecule has 0 amide bonds. The van der Waals surface area contributed by atoms with Crippen molar-refractivity contribution in [3.05, 3.63) is 84.3 Å². The minimum atomic E-state index is 0.139. The molecule has 9 heteroatoms. The van der Waals surface area contributed by atoms with Crippen LogP contribution < -0.4 is 4.90 Å². The number of piperidine rings is 1. The summed E-state index contributed by atoms with van der Waals surface area (Å²) in [6, 6.07) is 13.3. The highest BCUT2D eigenvalue weighted by atomic mass is 15.4. The van der Waals surface area contributed by atoms with Gasteiger partial charge in [-0.25, -0.2) is 14.5 Å². The van der Waals surface area contributed by atoms with Crippen LogP contribution >= 0.6 is 0 Å². The molecule has 3 aliphatic heterocycles. The Morgan fingerprint density at radius 3 is 2.48 bits per heavy atom. The third kappa shape index (κ3) is 4.45. The molecule has 3 saturated heterocycles. The second-order valence-corrected chi connectivity index (χ2v) is 10.8. The van der Waals surface area contributed by atoms with Gasteiger partial charge in [0.15, 0.2) is 0 Å². The maximum atomic E-state index is 9.74. The number of piperazine rings is 1. The van der Waals surface area contributed by atoms with Gasteiger partial charge in [-0.1, -0.05) is 11.8 Å². The maximum absolute atomic E-state index is 9.74. The molecule has 42 heavy (non-hydrogen) atoms. The van der Waals surface area contributed by atoms with E-state index >= 15 is 0 Å². The molecule has 3 fully saturated rings. The van der Waals surface area contributed by atoms with E-state index in [1.54, 1.807) is 21.6 Å². The predicted octanol–water partition coefficient (Wildman–Crippen LogP) is 3.75. The van der Waals surface area contributed by atoms with Gasteiger partial charge in [0, 0.05) is 84.8 Å². The zero-order chi connectivity index (χ0) is 28.8. The summed E-state index contributed by atoms with van der Waals surface area (Å²) in [6.07, 6.45) is 17.5. The number of fused-ring (bicyclic) bond motifs is 3. The van der Waals surface area contributed by atoms with Crippen LogP contribution in [0.15, 0.2) is 67.5 Å². The lowest BCUT2D eigenvalue weighted by atomic mass is 9.85. The van der Waals surface area contributed by atoms with Crippen molar-refractivity contribution >= 4 is 11.3 Å². The van der Waals surface area contributed by atoms with Crippen molar-refractivity contribution in [3.8, 4) is 52.5 Å². The topological polar surface area (TPSA) is 91.2 Å². The first-order valence-corrected chi connectivity index (χ1v) is 13.8. The zero-order valence-electron chi connectivity index (χ0n) is 23.3. The number of anilines is 1. The van der Waals surface area contributed by atoms with Crippen LogP contribution in [0.1, 0.15) is 30.2 Å². The van der Waals surface area contributed by atoms with E-state index in [-0.39, 0.29) is 6.04 Å². The van der Waals surface area contributed by atoms with Crippen molar-refractivity contribution in [2.75, 3.05) is 18.0 Å². The number of nitrogens with zero attached hydrogens (tertiary/aromatic N) is 9. The van der Waals surface area contributed by atoms with Crippen LogP contribution in [-0.4, -0.2) is 65.5 Å². The Labute approximate surface area is 244 Å². The van der Waals surface area contributed by atoms with Gasteiger partial charge < -0.3 is 4.90 Å². The highest BCUT2D eigenvalue weighted by molar-refractivity contribution is 5.87. The number of nitriles is 1. The van der Waals surface area contributed by atoms with Gasteiger partial charge in [0.2, 0.25) is 0 Å². The summed E-state index contributed by atoms with van der Waals surface area (Å²) in [4.78, 5) is 14.1. The lowest BCUT2D eigenvalue weighted by molar-refractivity contribution is -0.0159. The quantitative estimate of drug-likeness (QED) is 0.316. The summed E-state index contributed by atoms with van der Waals surface area (Å²) in [7, 11) is 1.89. The average Bonchev–Trinajstić information content (AvgIpc) is 3.66. The van der Waals surface area contributed by atoms with Gasteiger partial charge in [-0.05, 0) is 49.6 Å². The molecule has 0 spiro atoms. The number of aromatic nitrogens is 6. The van der Waals surface area contributed by atoms with Gasteiger partial charge in [-0.2, -0.15) is 15.5 Å². The normalized spacial score (nSPS) is 18.4. The fraction of sp³-hybridized carbons (Fsp3) is 0.242. The first-order valence-electron chi connectivity index (χ1n) is 13.8. The first-order chi connectivity index (χ1) is 20.5. The molecule has 9 nitrogen and oxygen atoms in total. The van der Waals surface area contributed by atoms with E-state index in [9.17, 15) is 5.26 Å². The van der Waals surface area contributed by atoms with Crippen LogP contribution in [0.5, 0.6) is 0 Å². The minimum absolute atomic E-state index is 0.139. The van der Waals surface area contributed by atoms with Gasteiger partial charge in [-0.3, -0.25) is 9.58 Å². The molecule has 3 aliphatic rings. The van der Waals surface area contributed by atoms with Crippen molar-refractivity contribution in [2.45, 2.75) is 31.5 Å². The second-order valence-electron chi connectivity index (χ2n) is 10.8. The molecule has 0 radical (unpaired) electrons. The monoisotopic (exact) mass is 549 g/mol. The summed E-state index contributed by atoms with van der Waals surface area (Å²) >= 11 is 0. The third-order valence-electron chi connectivity index (χ3n) is 8.19. The van der Waals surface area contributed by atoms with E-state index in [2.05, 4.69) is 73.9 Å². The first kappa shape index (κ1) is 25.5. The maximum Gasteiger partial charge on any atom is 0.128 e. The lowest BCUT2D eigenvalue weighted by Crippen LogP contribution is -2.70. The van der Waals surface area contributed by atoms with Gasteiger partial charge >= 0.3 is 0 Å². The molecule has 5 aromatic rings. The average molecular weight is 550 g/mol. The molecule has 8 heterocycles. The van der Waals surface area contributed by atoms with Gasteiger partial charge in [0.1, 0.15) is 17.6 Å². The smallest absolute Gasteiger partial charge is 0.128 e.